The molecule has 35 heavy (non-hydrogen) atoms. The van der Waals surface area contributed by atoms with Gasteiger partial charge in [0.25, 0.3) is 0 Å². The monoisotopic (exact) mass is 589 g/mol. The Balaban J connectivity index is 1.32. The summed E-state index contributed by atoms with van der Waals surface area (Å²) >= 11 is 4.30. The third-order valence-electron chi connectivity index (χ3n) is 6.07. The molecule has 0 saturated carbocycles. The van der Waals surface area contributed by atoms with Crippen molar-refractivity contribution in [1.82, 2.24) is 0 Å². The molecule has 0 saturated heterocycles. The minimum absolute atomic E-state index is 0.0830. The molecule has 1 aliphatic heterocycles. The molecule has 5 rings (SSSR count). The molecule has 0 fully saturated rings. The molecule has 2 heterocycles. The highest BCUT2D eigenvalue weighted by Gasteiger charge is 2.16. The van der Waals surface area contributed by atoms with E-state index in [1.807, 2.05) is 30.4 Å². The Bertz CT molecular complexity index is 1490. The van der Waals surface area contributed by atoms with Gasteiger partial charge in [0.1, 0.15) is 18.9 Å². The third-order valence-corrected chi connectivity index (χ3v) is 8.23. The Kier molecular flexibility index (Phi) is 7.26. The van der Waals surface area contributed by atoms with Crippen LogP contribution < -0.4 is 4.74 Å². The Morgan fingerprint density at radius 1 is 1.09 bits per heavy atom. The number of ether oxygens (including phenoxy) is 1. The molecule has 0 spiro atoms. The molecule has 0 radical (unpaired) electrons. The van der Waals surface area contributed by atoms with Gasteiger partial charge < -0.3 is 4.74 Å². The number of thiophene rings is 1. The molecule has 4 nitrogen and oxygen atoms in total. The fourth-order valence-electron chi connectivity index (χ4n) is 4.28. The van der Waals surface area contributed by atoms with E-state index in [1.54, 1.807) is 0 Å². The molecule has 0 amide bonds. The van der Waals surface area contributed by atoms with Gasteiger partial charge in [-0.15, -0.1) is 22.4 Å². The van der Waals surface area contributed by atoms with Crippen molar-refractivity contribution in [3.8, 4) is 28.7 Å². The summed E-state index contributed by atoms with van der Waals surface area (Å²) in [5.74, 6) is 7.26. The highest BCUT2D eigenvalue weighted by Crippen LogP contribution is 2.41. The average molecular weight is 590 g/mol. The Labute approximate surface area is 223 Å². The Morgan fingerprint density at radius 3 is 2.66 bits per heavy atom. The number of halogens is 1. The predicted octanol–water partition coefficient (Wildman–Crippen LogP) is 8.38. The van der Waals surface area contributed by atoms with E-state index in [1.165, 1.54) is 29.7 Å². The van der Waals surface area contributed by atoms with Crippen LogP contribution in [0.4, 0.5) is 0 Å². The largest absolute Gasteiger partial charge is 0.489 e. The molecule has 0 unspecified atom stereocenters. The van der Waals surface area contributed by atoms with Crippen LogP contribution in [0.1, 0.15) is 36.0 Å². The second-order valence-electron chi connectivity index (χ2n) is 8.46. The van der Waals surface area contributed by atoms with Crippen LogP contribution in [0.15, 0.2) is 82.2 Å². The maximum absolute atomic E-state index is 6.16. The third kappa shape index (κ3) is 5.31. The van der Waals surface area contributed by atoms with Gasteiger partial charge in [0.15, 0.2) is 0 Å². The van der Waals surface area contributed by atoms with E-state index < -0.39 is 0 Å². The lowest BCUT2D eigenvalue weighted by molar-refractivity contribution is 0.306. The summed E-state index contributed by atoms with van der Waals surface area (Å²) < 4.78 is 8.78. The van der Waals surface area contributed by atoms with Gasteiger partial charge in [-0.25, -0.2) is 0 Å². The number of hydrogen-bond donors (Lipinski definition) is 0. The van der Waals surface area contributed by atoms with Crippen LogP contribution in [0.5, 0.6) is 5.75 Å². The number of nitrogens with zero attached hydrogens (tertiary/aromatic N) is 3. The van der Waals surface area contributed by atoms with Crippen LogP contribution in [0.2, 0.25) is 0 Å². The van der Waals surface area contributed by atoms with Crippen molar-refractivity contribution >= 4 is 49.7 Å². The molecular weight excluding hydrogens is 565 g/mol. The topological polar surface area (TPSA) is 46.3 Å². The molecule has 4 aromatic rings. The lowest BCUT2D eigenvalue weighted by Gasteiger charge is -2.12. The van der Waals surface area contributed by atoms with Gasteiger partial charge in [0.05, 0.1) is 14.5 Å². The zero-order valence-corrected chi connectivity index (χ0v) is 22.6. The van der Waals surface area contributed by atoms with E-state index in [0.717, 1.165) is 29.0 Å². The normalized spacial score (nSPS) is 13.4. The van der Waals surface area contributed by atoms with Gasteiger partial charge in [0.2, 0.25) is 0 Å². The SMILES string of the molecule is CC#C[C@@H](CC1=NN=NC1)c1ccc(OCc2ccc3sc(I)c(-c4ccccc4C)c3c2)cc1. The number of hydrogen-bond acceptors (Lipinski definition) is 5. The second-order valence-corrected chi connectivity index (χ2v) is 11.3. The van der Waals surface area contributed by atoms with E-state index in [-0.39, 0.29) is 5.92 Å². The fraction of sp³-hybridized carbons (Fsp3) is 0.207. The smallest absolute Gasteiger partial charge is 0.119 e. The van der Waals surface area contributed by atoms with Crippen molar-refractivity contribution in [2.75, 3.05) is 6.54 Å². The predicted molar refractivity (Wildman–Crippen MR) is 153 cm³/mol. The summed E-state index contributed by atoms with van der Waals surface area (Å²) in [5.41, 5.74) is 7.20. The number of fused-ring (bicyclic) bond motifs is 1. The molecular formula is C29H24IN3OS. The summed E-state index contributed by atoms with van der Waals surface area (Å²) in [6, 6.07) is 23.5. The highest BCUT2D eigenvalue weighted by atomic mass is 127. The Morgan fingerprint density at radius 2 is 1.91 bits per heavy atom. The van der Waals surface area contributed by atoms with Gasteiger partial charge >= 0.3 is 0 Å². The van der Waals surface area contributed by atoms with Crippen molar-refractivity contribution in [3.05, 3.63) is 86.3 Å². The number of rotatable bonds is 7. The van der Waals surface area contributed by atoms with Crippen molar-refractivity contribution in [2.45, 2.75) is 32.8 Å². The zero-order chi connectivity index (χ0) is 24.2. The summed E-state index contributed by atoms with van der Waals surface area (Å²) in [5, 5.41) is 13.1. The molecule has 0 bridgehead atoms. The van der Waals surface area contributed by atoms with Crippen molar-refractivity contribution in [2.24, 2.45) is 15.4 Å². The molecule has 6 heteroatoms. The van der Waals surface area contributed by atoms with Crippen molar-refractivity contribution < 1.29 is 4.74 Å². The molecule has 1 aromatic heterocycles. The van der Waals surface area contributed by atoms with Crippen molar-refractivity contribution in [1.29, 1.82) is 0 Å². The van der Waals surface area contributed by atoms with E-state index in [2.05, 4.69) is 111 Å². The summed E-state index contributed by atoms with van der Waals surface area (Å²) in [7, 11) is 0. The minimum Gasteiger partial charge on any atom is -0.489 e. The molecule has 0 aliphatic carbocycles. The van der Waals surface area contributed by atoms with Gasteiger partial charge in [-0.2, -0.15) is 5.11 Å². The van der Waals surface area contributed by atoms with Crippen LogP contribution >= 0.6 is 33.9 Å². The summed E-state index contributed by atoms with van der Waals surface area (Å²) in [6.45, 7) is 5.13. The molecule has 1 atom stereocenters. The van der Waals surface area contributed by atoms with E-state index in [9.17, 15) is 0 Å². The molecule has 0 N–H and O–H groups in total. The van der Waals surface area contributed by atoms with Crippen LogP contribution in [0, 0.1) is 21.6 Å². The first-order valence-corrected chi connectivity index (χ1v) is 13.4. The lowest BCUT2D eigenvalue weighted by atomic mass is 9.94. The van der Waals surface area contributed by atoms with Gasteiger partial charge in [-0.1, -0.05) is 48.4 Å². The standard InChI is InChI=1S/C29H24IN3OS/c1-3-6-22(16-23-17-31-33-32-23)21-10-12-24(13-11-21)34-18-20-9-14-27-26(15-20)28(29(30)35-27)25-8-5-4-7-19(25)2/h4-5,7-15,22H,16-18H2,1-2H3/t22-/m0/s1. The van der Waals surface area contributed by atoms with E-state index in [4.69, 9.17) is 4.74 Å². The van der Waals surface area contributed by atoms with Gasteiger partial charge in [0, 0.05) is 22.1 Å². The first kappa shape index (κ1) is 23.7. The summed E-state index contributed by atoms with van der Waals surface area (Å²) in [6.07, 6.45) is 0.747. The van der Waals surface area contributed by atoms with Gasteiger partial charge in [-0.3, -0.25) is 0 Å². The van der Waals surface area contributed by atoms with Crippen LogP contribution in [0.3, 0.4) is 0 Å². The Hall–Kier alpha value is -3.02. The van der Waals surface area contributed by atoms with Crippen molar-refractivity contribution in [3.63, 3.8) is 0 Å². The van der Waals surface area contributed by atoms with Crippen LogP contribution in [-0.2, 0) is 6.61 Å². The summed E-state index contributed by atoms with van der Waals surface area (Å²) in [4.78, 5) is 0. The molecule has 1 aliphatic rings. The fourth-order valence-corrected chi connectivity index (χ4v) is 6.49. The minimum atomic E-state index is 0.0830. The highest BCUT2D eigenvalue weighted by molar-refractivity contribution is 14.1. The van der Waals surface area contributed by atoms with Crippen LogP contribution in [0.25, 0.3) is 21.2 Å². The average Bonchev–Trinajstić information content (AvgIpc) is 3.50. The van der Waals surface area contributed by atoms with Crippen LogP contribution in [-0.4, -0.2) is 12.3 Å². The second kappa shape index (κ2) is 10.7. The van der Waals surface area contributed by atoms with Gasteiger partial charge in [-0.05, 0) is 88.2 Å². The first-order valence-electron chi connectivity index (χ1n) is 11.5. The number of aryl methyl sites for hydroxylation is 1. The first-order chi connectivity index (χ1) is 17.1. The molecule has 3 aromatic carbocycles. The zero-order valence-electron chi connectivity index (χ0n) is 19.6. The maximum Gasteiger partial charge on any atom is 0.119 e. The quantitative estimate of drug-likeness (QED) is 0.158. The number of benzene rings is 3. The van der Waals surface area contributed by atoms with E-state index in [0.29, 0.717) is 13.2 Å². The molecule has 174 valence electrons. The van der Waals surface area contributed by atoms with E-state index >= 15 is 0 Å². The lowest BCUT2D eigenvalue weighted by Crippen LogP contribution is -2.07. The maximum atomic E-state index is 6.16.